The zero-order chi connectivity index (χ0) is 22.6. The van der Waals surface area contributed by atoms with Crippen LogP contribution in [-0.2, 0) is 11.2 Å². The summed E-state index contributed by atoms with van der Waals surface area (Å²) in [6.07, 6.45) is 3.49. The van der Waals surface area contributed by atoms with E-state index >= 15 is 0 Å². The smallest absolute Gasteiger partial charge is 0.272 e. The molecule has 2 N–H and O–H groups in total. The van der Waals surface area contributed by atoms with Crippen LogP contribution in [-0.4, -0.2) is 41.9 Å². The molecule has 1 fully saturated rings. The number of piperidine rings is 1. The first-order valence-corrected chi connectivity index (χ1v) is 10.7. The van der Waals surface area contributed by atoms with E-state index in [9.17, 15) is 9.59 Å². The summed E-state index contributed by atoms with van der Waals surface area (Å²) in [4.78, 5) is 31.4. The molecule has 1 aromatic heterocycles. The van der Waals surface area contributed by atoms with Crippen molar-refractivity contribution < 1.29 is 14.3 Å². The van der Waals surface area contributed by atoms with Gasteiger partial charge in [0.2, 0.25) is 5.91 Å². The molecule has 1 saturated heterocycles. The Labute approximate surface area is 188 Å². The van der Waals surface area contributed by atoms with Crippen LogP contribution < -0.4 is 10.5 Å². The minimum absolute atomic E-state index is 0.161. The van der Waals surface area contributed by atoms with E-state index in [2.05, 4.69) is 4.98 Å². The zero-order valence-corrected chi connectivity index (χ0v) is 18.2. The van der Waals surface area contributed by atoms with Gasteiger partial charge < -0.3 is 15.4 Å². The largest absolute Gasteiger partial charge is 0.497 e. The number of likely N-dealkylation sites (tertiary alicyclic amines) is 1. The number of rotatable bonds is 6. The molecule has 0 saturated carbocycles. The SMILES string of the molecule is COc1ccc(-c2ccc(CC3(C(N)=O)CCCN(C(=O)c4ccccn4)C3)cc2)cc1. The van der Waals surface area contributed by atoms with Gasteiger partial charge in [-0.25, -0.2) is 0 Å². The van der Waals surface area contributed by atoms with Crippen molar-refractivity contribution in [2.75, 3.05) is 20.2 Å². The normalized spacial score (nSPS) is 18.2. The molecule has 1 atom stereocenters. The Kier molecular flexibility index (Phi) is 6.21. The van der Waals surface area contributed by atoms with E-state index in [-0.39, 0.29) is 11.8 Å². The molecule has 2 heterocycles. The third kappa shape index (κ3) is 4.49. The topological polar surface area (TPSA) is 85.5 Å². The number of pyridine rings is 1. The van der Waals surface area contributed by atoms with Gasteiger partial charge in [-0.15, -0.1) is 0 Å². The second-order valence-electron chi connectivity index (χ2n) is 8.29. The van der Waals surface area contributed by atoms with E-state index in [4.69, 9.17) is 10.5 Å². The van der Waals surface area contributed by atoms with Crippen molar-refractivity contribution in [3.05, 3.63) is 84.2 Å². The van der Waals surface area contributed by atoms with Gasteiger partial charge in [-0.2, -0.15) is 0 Å². The molecule has 0 aliphatic carbocycles. The van der Waals surface area contributed by atoms with Gasteiger partial charge in [0.1, 0.15) is 11.4 Å². The number of carbonyl (C=O) groups excluding carboxylic acids is 2. The lowest BCUT2D eigenvalue weighted by Gasteiger charge is -2.40. The molecule has 1 aliphatic heterocycles. The highest BCUT2D eigenvalue weighted by molar-refractivity contribution is 5.93. The number of nitrogens with zero attached hydrogens (tertiary/aromatic N) is 2. The van der Waals surface area contributed by atoms with Crippen LogP contribution in [0.25, 0.3) is 11.1 Å². The molecule has 2 aromatic carbocycles. The van der Waals surface area contributed by atoms with Crippen molar-refractivity contribution in [1.82, 2.24) is 9.88 Å². The van der Waals surface area contributed by atoms with Crippen LogP contribution in [0.15, 0.2) is 72.9 Å². The van der Waals surface area contributed by atoms with Crippen LogP contribution in [0.1, 0.15) is 28.9 Å². The van der Waals surface area contributed by atoms with Gasteiger partial charge in [-0.3, -0.25) is 14.6 Å². The second kappa shape index (κ2) is 9.22. The summed E-state index contributed by atoms with van der Waals surface area (Å²) in [5.74, 6) is 0.289. The molecule has 1 aliphatic rings. The first-order chi connectivity index (χ1) is 15.5. The van der Waals surface area contributed by atoms with Gasteiger partial charge in [0.05, 0.1) is 12.5 Å². The van der Waals surface area contributed by atoms with Gasteiger partial charge in [-0.05, 0) is 60.2 Å². The number of carbonyl (C=O) groups is 2. The lowest BCUT2D eigenvalue weighted by molar-refractivity contribution is -0.130. The third-order valence-electron chi connectivity index (χ3n) is 6.19. The van der Waals surface area contributed by atoms with Crippen LogP contribution in [0.5, 0.6) is 5.75 Å². The average Bonchev–Trinajstić information content (AvgIpc) is 2.85. The Balaban J connectivity index is 1.52. The molecule has 4 rings (SSSR count). The quantitative estimate of drug-likeness (QED) is 0.647. The monoisotopic (exact) mass is 429 g/mol. The van der Waals surface area contributed by atoms with Crippen LogP contribution in [0.3, 0.4) is 0 Å². The first kappa shape index (κ1) is 21.6. The Morgan fingerprint density at radius 3 is 2.31 bits per heavy atom. The van der Waals surface area contributed by atoms with Gasteiger partial charge in [0, 0.05) is 19.3 Å². The maximum Gasteiger partial charge on any atom is 0.272 e. The first-order valence-electron chi connectivity index (χ1n) is 10.7. The van der Waals surface area contributed by atoms with Gasteiger partial charge >= 0.3 is 0 Å². The fourth-order valence-corrected chi connectivity index (χ4v) is 4.38. The molecule has 2 amide bonds. The maximum absolute atomic E-state index is 12.9. The highest BCUT2D eigenvalue weighted by Gasteiger charge is 2.42. The summed E-state index contributed by atoms with van der Waals surface area (Å²) in [5, 5.41) is 0. The maximum atomic E-state index is 12.9. The fraction of sp³-hybridized carbons (Fsp3) is 0.269. The number of methoxy groups -OCH3 is 1. The summed E-state index contributed by atoms with van der Waals surface area (Å²) >= 11 is 0. The molecule has 3 aromatic rings. The third-order valence-corrected chi connectivity index (χ3v) is 6.19. The summed E-state index contributed by atoms with van der Waals surface area (Å²) in [5.41, 5.74) is 8.69. The lowest BCUT2D eigenvalue weighted by Crippen LogP contribution is -2.53. The Bertz CT molecular complexity index is 1080. The van der Waals surface area contributed by atoms with Crippen molar-refractivity contribution in [2.24, 2.45) is 11.1 Å². The number of primary amides is 1. The molecule has 6 nitrogen and oxygen atoms in total. The predicted octanol–water partition coefficient (Wildman–Crippen LogP) is 3.71. The molecule has 32 heavy (non-hydrogen) atoms. The van der Waals surface area contributed by atoms with E-state index in [0.717, 1.165) is 28.9 Å². The zero-order valence-electron chi connectivity index (χ0n) is 18.2. The Morgan fingerprint density at radius 1 is 1.03 bits per heavy atom. The number of ether oxygens (including phenoxy) is 1. The van der Waals surface area contributed by atoms with Crippen molar-refractivity contribution in [1.29, 1.82) is 0 Å². The Hall–Kier alpha value is -3.67. The van der Waals surface area contributed by atoms with Gasteiger partial charge in [0.25, 0.3) is 5.91 Å². The summed E-state index contributed by atoms with van der Waals surface area (Å²) in [7, 11) is 1.65. The van der Waals surface area contributed by atoms with Crippen molar-refractivity contribution in [3.63, 3.8) is 0 Å². The number of aromatic nitrogens is 1. The van der Waals surface area contributed by atoms with Crippen molar-refractivity contribution >= 4 is 11.8 Å². The molecule has 6 heteroatoms. The van der Waals surface area contributed by atoms with E-state index in [1.165, 1.54) is 0 Å². The number of amides is 2. The fourth-order valence-electron chi connectivity index (χ4n) is 4.38. The molecular formula is C26H27N3O3. The molecule has 0 spiro atoms. The van der Waals surface area contributed by atoms with Crippen LogP contribution >= 0.6 is 0 Å². The molecule has 0 bridgehead atoms. The van der Waals surface area contributed by atoms with Crippen molar-refractivity contribution in [3.8, 4) is 16.9 Å². The molecule has 0 radical (unpaired) electrons. The lowest BCUT2D eigenvalue weighted by atomic mass is 9.74. The van der Waals surface area contributed by atoms with Crippen LogP contribution in [0.2, 0.25) is 0 Å². The van der Waals surface area contributed by atoms with Crippen molar-refractivity contribution in [2.45, 2.75) is 19.3 Å². The highest BCUT2D eigenvalue weighted by atomic mass is 16.5. The highest BCUT2D eigenvalue weighted by Crippen LogP contribution is 2.35. The van der Waals surface area contributed by atoms with Crippen LogP contribution in [0, 0.1) is 5.41 Å². The Morgan fingerprint density at radius 2 is 1.72 bits per heavy atom. The molecule has 164 valence electrons. The second-order valence-corrected chi connectivity index (χ2v) is 8.29. The standard InChI is InChI=1S/C26H27N3O3/c1-32-22-12-10-21(11-13-22)20-8-6-19(7-9-20)17-26(25(27)31)14-4-16-29(18-26)24(30)23-5-2-3-15-28-23/h2-3,5-13,15H,4,14,16-18H2,1H3,(H2,27,31). The predicted molar refractivity (Wildman–Crippen MR) is 123 cm³/mol. The summed E-state index contributed by atoms with van der Waals surface area (Å²) in [6, 6.07) is 21.3. The average molecular weight is 430 g/mol. The van der Waals surface area contributed by atoms with E-state index in [1.807, 2.05) is 48.5 Å². The van der Waals surface area contributed by atoms with Gasteiger partial charge in [0.15, 0.2) is 0 Å². The molecular weight excluding hydrogens is 402 g/mol. The van der Waals surface area contributed by atoms with Gasteiger partial charge in [-0.1, -0.05) is 42.5 Å². The van der Waals surface area contributed by atoms with Crippen LogP contribution in [0.4, 0.5) is 0 Å². The minimum atomic E-state index is -0.787. The van der Waals surface area contributed by atoms with E-state index in [0.29, 0.717) is 31.6 Å². The summed E-state index contributed by atoms with van der Waals surface area (Å²) in [6.45, 7) is 0.902. The van der Waals surface area contributed by atoms with E-state index in [1.54, 1.807) is 36.4 Å². The number of hydrogen-bond acceptors (Lipinski definition) is 4. The number of nitrogens with two attached hydrogens (primary N) is 1. The summed E-state index contributed by atoms with van der Waals surface area (Å²) < 4.78 is 5.22. The minimum Gasteiger partial charge on any atom is -0.497 e. The van der Waals surface area contributed by atoms with E-state index < -0.39 is 5.41 Å². The molecule has 1 unspecified atom stereocenters. The number of hydrogen-bond donors (Lipinski definition) is 1. The number of benzene rings is 2.